The van der Waals surface area contributed by atoms with Crippen LogP contribution in [0, 0.1) is 0 Å². The van der Waals surface area contributed by atoms with E-state index in [1.165, 1.54) is 6.20 Å². The van der Waals surface area contributed by atoms with Crippen LogP contribution < -0.4 is 4.90 Å². The molecule has 2 atom stereocenters. The van der Waals surface area contributed by atoms with Gasteiger partial charge in [0.05, 0.1) is 17.1 Å². The quantitative estimate of drug-likeness (QED) is 0.543. The molecule has 9 heteroatoms. The summed E-state index contributed by atoms with van der Waals surface area (Å²) in [6.45, 7) is 5.35. The van der Waals surface area contributed by atoms with Crippen LogP contribution in [0.25, 0.3) is 10.9 Å². The van der Waals surface area contributed by atoms with E-state index in [1.807, 2.05) is 44.2 Å². The summed E-state index contributed by atoms with van der Waals surface area (Å²) in [5.74, 6) is -1.16. The first-order chi connectivity index (χ1) is 16.7. The van der Waals surface area contributed by atoms with Gasteiger partial charge in [0, 0.05) is 42.4 Å². The lowest BCUT2D eigenvalue weighted by molar-refractivity contribution is -0.143. The molecular weight excluding hydrogens is 466 g/mol. The van der Waals surface area contributed by atoms with Crippen LogP contribution in [0.15, 0.2) is 59.6 Å². The van der Waals surface area contributed by atoms with E-state index in [1.54, 1.807) is 32.6 Å². The van der Waals surface area contributed by atoms with Crippen molar-refractivity contribution in [2.75, 3.05) is 30.3 Å². The van der Waals surface area contributed by atoms with Crippen molar-refractivity contribution in [2.45, 2.75) is 43.9 Å². The van der Waals surface area contributed by atoms with Crippen molar-refractivity contribution in [3.05, 3.63) is 60.3 Å². The second-order valence-electron chi connectivity index (χ2n) is 9.38. The molecule has 0 aliphatic carbocycles. The lowest BCUT2D eigenvalue weighted by atomic mass is 10.2. The van der Waals surface area contributed by atoms with Crippen LogP contribution in [0.5, 0.6) is 0 Å². The predicted octanol–water partition coefficient (Wildman–Crippen LogP) is 2.64. The van der Waals surface area contributed by atoms with Crippen LogP contribution in [0.3, 0.4) is 0 Å². The van der Waals surface area contributed by atoms with Crippen LogP contribution in [0.1, 0.15) is 19.4 Å². The van der Waals surface area contributed by atoms with Crippen molar-refractivity contribution in [1.29, 1.82) is 0 Å². The molecule has 0 saturated carbocycles. The molecule has 0 spiro atoms. The molecule has 5 rings (SSSR count). The van der Waals surface area contributed by atoms with E-state index in [2.05, 4.69) is 0 Å². The van der Waals surface area contributed by atoms with Gasteiger partial charge in [0.25, 0.3) is 0 Å². The summed E-state index contributed by atoms with van der Waals surface area (Å²) in [6, 6.07) is 14.7. The van der Waals surface area contributed by atoms with E-state index in [0.29, 0.717) is 37.0 Å². The van der Waals surface area contributed by atoms with Crippen molar-refractivity contribution in [2.24, 2.45) is 0 Å². The van der Waals surface area contributed by atoms with Crippen molar-refractivity contribution < 1.29 is 22.7 Å². The number of rotatable bonds is 5. The molecule has 3 aromatic rings. The monoisotopic (exact) mass is 495 g/mol. The van der Waals surface area contributed by atoms with Gasteiger partial charge in [-0.1, -0.05) is 36.4 Å². The number of ether oxygens (including phenoxy) is 1. The fourth-order valence-electron chi connectivity index (χ4n) is 5.13. The summed E-state index contributed by atoms with van der Waals surface area (Å²) in [4.78, 5) is 29.5. The first-order valence-corrected chi connectivity index (χ1v) is 13.5. The number of amides is 2. The standard InChI is InChI=1S/C26H29N3O5S/c1-18-13-28(14-19(2)34-18)25(30)16-27-15-24(21-8-4-6-10-23(21)27)35(32,33)17-26(31)29-12-11-20-7-3-5-9-22(20)29/h3-10,15,18-19H,11-14,16-17H2,1-2H3/t18-,19-/m1/s1. The topological polar surface area (TPSA) is 88.9 Å². The van der Waals surface area contributed by atoms with Gasteiger partial charge in [-0.25, -0.2) is 8.42 Å². The molecule has 0 bridgehead atoms. The van der Waals surface area contributed by atoms with Crippen molar-refractivity contribution in [1.82, 2.24) is 9.47 Å². The van der Waals surface area contributed by atoms with Crippen molar-refractivity contribution >= 4 is 38.2 Å². The molecule has 1 fully saturated rings. The van der Waals surface area contributed by atoms with Gasteiger partial charge in [-0.2, -0.15) is 0 Å². The highest BCUT2D eigenvalue weighted by molar-refractivity contribution is 7.92. The smallest absolute Gasteiger partial charge is 0.242 e. The summed E-state index contributed by atoms with van der Waals surface area (Å²) < 4.78 is 34.3. The number of carbonyl (C=O) groups excluding carboxylic acids is 2. The van der Waals surface area contributed by atoms with E-state index in [0.717, 1.165) is 11.3 Å². The van der Waals surface area contributed by atoms with Gasteiger partial charge in [-0.15, -0.1) is 0 Å². The van der Waals surface area contributed by atoms with E-state index >= 15 is 0 Å². The highest BCUT2D eigenvalue weighted by Crippen LogP contribution is 2.30. The summed E-state index contributed by atoms with van der Waals surface area (Å²) in [5.41, 5.74) is 2.46. The zero-order valence-electron chi connectivity index (χ0n) is 19.9. The SMILES string of the molecule is C[C@@H]1CN(C(=O)Cn2cc(S(=O)(=O)CC(=O)N3CCc4ccccc43)c3ccccc32)C[C@@H](C)O1. The Hall–Kier alpha value is -3.17. The summed E-state index contributed by atoms with van der Waals surface area (Å²) in [7, 11) is -3.94. The molecular formula is C26H29N3O5S. The first-order valence-electron chi connectivity index (χ1n) is 11.8. The number of aromatic nitrogens is 1. The number of nitrogens with zero attached hydrogens (tertiary/aromatic N) is 3. The Balaban J connectivity index is 1.41. The molecule has 3 heterocycles. The minimum atomic E-state index is -3.94. The second-order valence-corrected chi connectivity index (χ2v) is 11.3. The molecule has 2 aliphatic heterocycles. The molecule has 2 aromatic carbocycles. The maximum absolute atomic E-state index is 13.4. The minimum Gasteiger partial charge on any atom is -0.372 e. The highest BCUT2D eigenvalue weighted by Gasteiger charge is 2.31. The van der Waals surface area contributed by atoms with Gasteiger partial charge >= 0.3 is 0 Å². The Kier molecular flexibility index (Phi) is 6.14. The maximum Gasteiger partial charge on any atom is 0.242 e. The van der Waals surface area contributed by atoms with Gasteiger partial charge in [-0.05, 0) is 38.0 Å². The normalized spacial score (nSPS) is 20.3. The number of anilines is 1. The molecule has 184 valence electrons. The molecule has 2 amide bonds. The van der Waals surface area contributed by atoms with Gasteiger partial charge in [0.2, 0.25) is 11.8 Å². The number of benzene rings is 2. The third-order valence-corrected chi connectivity index (χ3v) is 8.29. The summed E-state index contributed by atoms with van der Waals surface area (Å²) >= 11 is 0. The number of morpholine rings is 1. The Morgan fingerprint density at radius 2 is 1.66 bits per heavy atom. The minimum absolute atomic E-state index is 0.0168. The van der Waals surface area contributed by atoms with Gasteiger partial charge in [0.15, 0.2) is 9.84 Å². The van der Waals surface area contributed by atoms with Crippen LogP contribution in [0.4, 0.5) is 5.69 Å². The average molecular weight is 496 g/mol. The molecule has 0 N–H and O–H groups in total. The number of sulfone groups is 1. The van der Waals surface area contributed by atoms with Crippen LogP contribution in [-0.4, -0.2) is 67.3 Å². The number of hydrogen-bond acceptors (Lipinski definition) is 5. The van der Waals surface area contributed by atoms with Crippen LogP contribution >= 0.6 is 0 Å². The molecule has 35 heavy (non-hydrogen) atoms. The Morgan fingerprint density at radius 1 is 0.971 bits per heavy atom. The fraction of sp³-hybridized carbons (Fsp3) is 0.385. The van der Waals surface area contributed by atoms with E-state index in [9.17, 15) is 18.0 Å². The molecule has 2 aliphatic rings. The van der Waals surface area contributed by atoms with E-state index in [4.69, 9.17) is 4.74 Å². The predicted molar refractivity (Wildman–Crippen MR) is 133 cm³/mol. The summed E-state index contributed by atoms with van der Waals surface area (Å²) in [5, 5.41) is 0.513. The highest BCUT2D eigenvalue weighted by atomic mass is 32.2. The van der Waals surface area contributed by atoms with Crippen LogP contribution in [0.2, 0.25) is 0 Å². The number of fused-ring (bicyclic) bond motifs is 2. The Labute approximate surface area is 205 Å². The largest absolute Gasteiger partial charge is 0.372 e. The third-order valence-electron chi connectivity index (χ3n) is 6.67. The lowest BCUT2D eigenvalue weighted by Crippen LogP contribution is -2.49. The van der Waals surface area contributed by atoms with Crippen molar-refractivity contribution in [3.8, 4) is 0 Å². The molecule has 1 aromatic heterocycles. The second kappa shape index (κ2) is 9.13. The number of para-hydroxylation sites is 2. The Morgan fingerprint density at radius 3 is 2.43 bits per heavy atom. The molecule has 1 saturated heterocycles. The third kappa shape index (κ3) is 4.58. The molecule has 8 nitrogen and oxygen atoms in total. The molecule has 0 radical (unpaired) electrons. The lowest BCUT2D eigenvalue weighted by Gasteiger charge is -2.35. The Bertz CT molecular complexity index is 1390. The van der Waals surface area contributed by atoms with Gasteiger partial charge in [0.1, 0.15) is 12.3 Å². The zero-order valence-corrected chi connectivity index (χ0v) is 20.7. The fourth-order valence-corrected chi connectivity index (χ4v) is 6.57. The van der Waals surface area contributed by atoms with E-state index < -0.39 is 21.5 Å². The van der Waals surface area contributed by atoms with Crippen molar-refractivity contribution in [3.63, 3.8) is 0 Å². The molecule has 0 unspecified atom stereocenters. The van der Waals surface area contributed by atoms with Gasteiger partial charge in [-0.3, -0.25) is 9.59 Å². The maximum atomic E-state index is 13.4. The zero-order chi connectivity index (χ0) is 24.7. The average Bonchev–Trinajstić information content (AvgIpc) is 3.41. The van der Waals surface area contributed by atoms with E-state index in [-0.39, 0.29) is 29.6 Å². The first kappa shape index (κ1) is 23.6. The number of carbonyl (C=O) groups is 2. The van der Waals surface area contributed by atoms with Crippen LogP contribution in [-0.2, 0) is 37.1 Å². The van der Waals surface area contributed by atoms with Gasteiger partial charge < -0.3 is 19.1 Å². The summed E-state index contributed by atoms with van der Waals surface area (Å²) in [6.07, 6.45) is 2.10. The number of hydrogen-bond donors (Lipinski definition) is 0.